The molecule has 3 heterocycles. The van der Waals surface area contributed by atoms with Crippen molar-refractivity contribution >= 4 is 23.7 Å². The summed E-state index contributed by atoms with van der Waals surface area (Å²) in [4.78, 5) is 25.1. The zero-order chi connectivity index (χ0) is 25.9. The highest BCUT2D eigenvalue weighted by molar-refractivity contribution is 5.68. The van der Waals surface area contributed by atoms with Gasteiger partial charge in [0.05, 0.1) is 24.6 Å². The Morgan fingerprint density at radius 2 is 1.92 bits per heavy atom. The maximum Gasteiger partial charge on any atom is 0.407 e. The number of ether oxygens (including phenoxy) is 1. The topological polar surface area (TPSA) is 164 Å². The fraction of sp³-hybridized carbons (Fsp3) is 0.348. The molecule has 13 heteroatoms. The van der Waals surface area contributed by atoms with Gasteiger partial charge in [-0.1, -0.05) is 23.4 Å². The minimum absolute atomic E-state index is 0.0911. The van der Waals surface area contributed by atoms with E-state index in [1.807, 2.05) is 58.0 Å². The Bertz CT molecular complexity index is 1340. The molecule has 4 aromatic rings. The molecule has 0 radical (unpaired) electrons. The Morgan fingerprint density at radius 3 is 2.64 bits per heavy atom. The number of amides is 1. The first kappa shape index (κ1) is 24.6. The number of nitrogens with zero attached hydrogens (tertiary/aromatic N) is 8. The molecule has 4 rings (SSSR count). The zero-order valence-corrected chi connectivity index (χ0v) is 20.8. The highest BCUT2D eigenvalue weighted by Crippen LogP contribution is 2.24. The van der Waals surface area contributed by atoms with Gasteiger partial charge in [0.15, 0.2) is 5.82 Å². The number of benzene rings is 1. The van der Waals surface area contributed by atoms with Crippen molar-refractivity contribution in [3.05, 3.63) is 54.2 Å². The zero-order valence-electron chi connectivity index (χ0n) is 20.8. The molecule has 0 spiro atoms. The van der Waals surface area contributed by atoms with Crippen molar-refractivity contribution in [1.29, 1.82) is 0 Å². The fourth-order valence-corrected chi connectivity index (χ4v) is 3.37. The van der Waals surface area contributed by atoms with Gasteiger partial charge in [-0.2, -0.15) is 20.1 Å². The first-order chi connectivity index (χ1) is 17.1. The Hall–Kier alpha value is -4.55. The molecule has 13 nitrogen and oxygen atoms in total. The molecule has 1 aromatic carbocycles. The maximum atomic E-state index is 12.1. The van der Waals surface area contributed by atoms with E-state index in [0.717, 1.165) is 16.9 Å². The Kier molecular flexibility index (Phi) is 6.81. The smallest absolute Gasteiger partial charge is 0.407 e. The highest BCUT2D eigenvalue weighted by atomic mass is 16.6. The number of aromatic nitrogens is 8. The molecule has 0 fully saturated rings. The number of hydrogen-bond acceptors (Lipinski definition) is 10. The molecule has 1 amide bonds. The Morgan fingerprint density at radius 1 is 1.17 bits per heavy atom. The molecule has 0 saturated heterocycles. The second-order valence-corrected chi connectivity index (χ2v) is 9.11. The molecule has 0 aliphatic carbocycles. The average molecular weight is 492 g/mol. The van der Waals surface area contributed by atoms with Gasteiger partial charge in [-0.25, -0.2) is 9.48 Å². The number of carbonyl (C=O) groups is 1. The Labute approximate surface area is 208 Å². The number of aryl methyl sites for hydroxylation is 1. The molecule has 0 aliphatic heterocycles. The quantitative estimate of drug-likeness (QED) is 0.350. The van der Waals surface area contributed by atoms with Crippen LogP contribution in [0.25, 0.3) is 11.3 Å². The summed E-state index contributed by atoms with van der Waals surface area (Å²) in [7, 11) is 1.79. The van der Waals surface area contributed by atoms with E-state index in [0.29, 0.717) is 17.5 Å². The summed E-state index contributed by atoms with van der Waals surface area (Å²) in [5, 5.41) is 18.8. The van der Waals surface area contributed by atoms with Crippen molar-refractivity contribution in [2.24, 2.45) is 7.05 Å². The largest absolute Gasteiger partial charge is 0.444 e. The summed E-state index contributed by atoms with van der Waals surface area (Å²) in [6, 6.07) is 9.15. The fourth-order valence-electron chi connectivity index (χ4n) is 3.37. The molecule has 4 N–H and O–H groups in total. The summed E-state index contributed by atoms with van der Waals surface area (Å²) < 4.78 is 8.62. The molecular weight excluding hydrogens is 462 g/mol. The molecule has 188 valence electrons. The van der Waals surface area contributed by atoms with Crippen LogP contribution in [0.1, 0.15) is 45.3 Å². The van der Waals surface area contributed by atoms with Crippen molar-refractivity contribution in [3.8, 4) is 11.3 Å². The molecule has 36 heavy (non-hydrogen) atoms. The van der Waals surface area contributed by atoms with E-state index in [2.05, 4.69) is 41.0 Å². The van der Waals surface area contributed by atoms with E-state index < -0.39 is 11.7 Å². The maximum absolute atomic E-state index is 12.1. The summed E-state index contributed by atoms with van der Waals surface area (Å²) in [6.45, 7) is 7.52. The van der Waals surface area contributed by atoms with Crippen LogP contribution in [-0.4, -0.2) is 51.4 Å². The van der Waals surface area contributed by atoms with Crippen LogP contribution >= 0.6 is 0 Å². The van der Waals surface area contributed by atoms with Gasteiger partial charge in [-0.3, -0.25) is 4.68 Å². The normalized spacial score (nSPS) is 12.2. The number of para-hydroxylation sites is 1. The van der Waals surface area contributed by atoms with Gasteiger partial charge in [0, 0.05) is 18.3 Å². The molecule has 0 aliphatic rings. The number of hydrogen-bond donors (Lipinski definition) is 3. The van der Waals surface area contributed by atoms with Gasteiger partial charge < -0.3 is 21.1 Å². The van der Waals surface area contributed by atoms with Crippen LogP contribution in [0.3, 0.4) is 0 Å². The molecule has 1 atom stereocenters. The van der Waals surface area contributed by atoms with E-state index in [1.165, 1.54) is 0 Å². The first-order valence-electron chi connectivity index (χ1n) is 11.3. The molecule has 0 saturated carbocycles. The van der Waals surface area contributed by atoms with Gasteiger partial charge in [0.1, 0.15) is 17.3 Å². The van der Waals surface area contributed by atoms with E-state index in [-0.39, 0.29) is 18.5 Å². The van der Waals surface area contributed by atoms with Gasteiger partial charge in [-0.05, 0) is 39.8 Å². The average Bonchev–Trinajstić information content (AvgIpc) is 3.43. The van der Waals surface area contributed by atoms with Crippen molar-refractivity contribution in [3.63, 3.8) is 0 Å². The van der Waals surface area contributed by atoms with E-state index in [9.17, 15) is 4.79 Å². The second-order valence-electron chi connectivity index (χ2n) is 9.11. The molecule has 0 bridgehead atoms. The van der Waals surface area contributed by atoms with Gasteiger partial charge in [-0.15, -0.1) is 5.10 Å². The predicted molar refractivity (Wildman–Crippen MR) is 133 cm³/mol. The molecule has 3 aromatic heterocycles. The Balaban J connectivity index is 1.52. The van der Waals surface area contributed by atoms with E-state index in [1.54, 1.807) is 28.8 Å². The van der Waals surface area contributed by atoms with Crippen molar-refractivity contribution in [2.45, 2.75) is 45.9 Å². The SMILES string of the molecule is CC(c1nc(N)nc(Nc2ccccc2)n1)n1cc(-c2cnn(C)c2CNC(=O)OC(C)(C)C)nn1. The standard InChI is InChI=1S/C23H29N11O2/c1-14(19-28-20(24)30-21(29-19)27-15-9-7-6-8-10-15)34-13-17(31-32-34)16-11-26-33(5)18(16)12-25-22(35)36-23(2,3)4/h6-11,13-14H,12H2,1-5H3,(H,25,35)(H3,24,27,28,29,30). The van der Waals surface area contributed by atoms with Crippen molar-refractivity contribution in [1.82, 2.24) is 45.0 Å². The first-order valence-corrected chi connectivity index (χ1v) is 11.3. The van der Waals surface area contributed by atoms with E-state index >= 15 is 0 Å². The lowest BCUT2D eigenvalue weighted by Gasteiger charge is -2.19. The summed E-state index contributed by atoms with van der Waals surface area (Å²) >= 11 is 0. The number of rotatable bonds is 7. The molecular formula is C23H29N11O2. The summed E-state index contributed by atoms with van der Waals surface area (Å²) in [5.41, 5.74) is 8.24. The van der Waals surface area contributed by atoms with Gasteiger partial charge in [0.25, 0.3) is 0 Å². The van der Waals surface area contributed by atoms with Crippen LogP contribution in [0.4, 0.5) is 22.4 Å². The molecule has 1 unspecified atom stereocenters. The number of nitrogen functional groups attached to an aromatic ring is 1. The predicted octanol–water partition coefficient (Wildman–Crippen LogP) is 2.82. The third-order valence-corrected chi connectivity index (χ3v) is 5.12. The van der Waals surface area contributed by atoms with Gasteiger partial charge >= 0.3 is 6.09 Å². The van der Waals surface area contributed by atoms with Gasteiger partial charge in [0.2, 0.25) is 11.9 Å². The van der Waals surface area contributed by atoms with Crippen LogP contribution in [0.2, 0.25) is 0 Å². The number of carbonyl (C=O) groups excluding carboxylic acids is 1. The van der Waals surface area contributed by atoms with Crippen LogP contribution in [-0.2, 0) is 18.3 Å². The van der Waals surface area contributed by atoms with Crippen LogP contribution in [0.15, 0.2) is 42.7 Å². The third kappa shape index (κ3) is 5.92. The van der Waals surface area contributed by atoms with Crippen molar-refractivity contribution in [2.75, 3.05) is 11.1 Å². The number of nitrogens with one attached hydrogen (secondary N) is 2. The summed E-state index contributed by atoms with van der Waals surface area (Å²) in [6.07, 6.45) is 2.93. The third-order valence-electron chi connectivity index (χ3n) is 5.12. The number of nitrogens with two attached hydrogens (primary N) is 1. The monoisotopic (exact) mass is 491 g/mol. The van der Waals surface area contributed by atoms with Crippen LogP contribution in [0.5, 0.6) is 0 Å². The minimum Gasteiger partial charge on any atom is -0.444 e. The van der Waals surface area contributed by atoms with Crippen LogP contribution < -0.4 is 16.4 Å². The van der Waals surface area contributed by atoms with E-state index in [4.69, 9.17) is 10.5 Å². The van der Waals surface area contributed by atoms with Crippen LogP contribution in [0, 0.1) is 0 Å². The highest BCUT2D eigenvalue weighted by Gasteiger charge is 2.21. The minimum atomic E-state index is -0.590. The number of anilines is 3. The lowest BCUT2D eigenvalue weighted by atomic mass is 10.2. The summed E-state index contributed by atoms with van der Waals surface area (Å²) in [5.74, 6) is 0.849. The lowest BCUT2D eigenvalue weighted by molar-refractivity contribution is 0.0522. The van der Waals surface area contributed by atoms with Crippen molar-refractivity contribution < 1.29 is 9.53 Å². The number of alkyl carbamates (subject to hydrolysis) is 1. The second kappa shape index (κ2) is 9.98. The lowest BCUT2D eigenvalue weighted by Crippen LogP contribution is -2.32.